The normalized spacial score (nSPS) is 10.1. The van der Waals surface area contributed by atoms with Crippen LogP contribution in [0.5, 0.6) is 11.8 Å². The van der Waals surface area contributed by atoms with Crippen molar-refractivity contribution in [2.24, 2.45) is 0 Å². The smallest absolute Gasteiger partial charge is 0.322 e. The van der Waals surface area contributed by atoms with Crippen LogP contribution < -0.4 is 10.5 Å². The summed E-state index contributed by atoms with van der Waals surface area (Å²) < 4.78 is 18.5. The quantitative estimate of drug-likeness (QED) is 0.787. The molecule has 2 N–H and O–H groups in total. The number of hydrogen-bond donors (Lipinski definition) is 1. The summed E-state index contributed by atoms with van der Waals surface area (Å²) in [5.41, 5.74) is 6.69. The first kappa shape index (κ1) is 10.4. The minimum Gasteiger partial charge on any atom is -0.419 e. The molecule has 2 rings (SSSR count). The number of nitrogens with zero attached hydrogens (tertiary/aromatic N) is 2. The summed E-state index contributed by atoms with van der Waals surface area (Å²) in [4.78, 5) is 7.80. The zero-order valence-electron chi connectivity index (χ0n) is 8.64. The maximum Gasteiger partial charge on any atom is 0.322 e. The number of nitrogen functional groups attached to an aromatic ring is 1. The number of ether oxygens (including phenoxy) is 1. The van der Waals surface area contributed by atoms with Gasteiger partial charge in [0, 0.05) is 12.4 Å². The monoisotopic (exact) mass is 219 g/mol. The topological polar surface area (TPSA) is 61.0 Å². The predicted molar refractivity (Wildman–Crippen MR) is 57.7 cm³/mol. The van der Waals surface area contributed by atoms with Crippen molar-refractivity contribution in [2.45, 2.75) is 6.92 Å². The molecule has 0 aliphatic carbocycles. The predicted octanol–water partition coefficient (Wildman–Crippen LogP) is 2.30. The van der Waals surface area contributed by atoms with Crippen LogP contribution in [0.25, 0.3) is 0 Å². The Morgan fingerprint density at radius 1 is 1.25 bits per heavy atom. The summed E-state index contributed by atoms with van der Waals surface area (Å²) in [7, 11) is 0. The summed E-state index contributed by atoms with van der Waals surface area (Å²) in [6, 6.07) is 4.39. The summed E-state index contributed by atoms with van der Waals surface area (Å²) in [5, 5.41) is 0. The minimum absolute atomic E-state index is 0.0497. The van der Waals surface area contributed by atoms with Gasteiger partial charge in [-0.1, -0.05) is 6.07 Å². The van der Waals surface area contributed by atoms with Crippen molar-refractivity contribution in [3.05, 3.63) is 42.0 Å². The molecule has 4 nitrogen and oxygen atoms in total. The largest absolute Gasteiger partial charge is 0.419 e. The molecule has 0 unspecified atom stereocenters. The first-order chi connectivity index (χ1) is 7.66. The Kier molecular flexibility index (Phi) is 2.68. The van der Waals surface area contributed by atoms with E-state index >= 15 is 0 Å². The highest BCUT2D eigenvalue weighted by Gasteiger charge is 2.09. The van der Waals surface area contributed by atoms with Gasteiger partial charge in [0.25, 0.3) is 0 Å². The molecule has 1 aromatic carbocycles. The lowest BCUT2D eigenvalue weighted by molar-refractivity contribution is 0.413. The van der Waals surface area contributed by atoms with E-state index in [4.69, 9.17) is 10.5 Å². The second-order valence-electron chi connectivity index (χ2n) is 3.30. The molecule has 0 spiro atoms. The number of rotatable bonds is 2. The number of aromatic nitrogens is 2. The van der Waals surface area contributed by atoms with Gasteiger partial charge >= 0.3 is 6.01 Å². The fourth-order valence-electron chi connectivity index (χ4n) is 1.16. The maximum absolute atomic E-state index is 13.4. The van der Waals surface area contributed by atoms with E-state index in [0.29, 0.717) is 0 Å². The number of halogens is 1. The Labute approximate surface area is 91.9 Å². The van der Waals surface area contributed by atoms with E-state index in [1.807, 2.05) is 6.92 Å². The highest BCUT2D eigenvalue weighted by molar-refractivity contribution is 5.53. The maximum atomic E-state index is 13.4. The molecule has 1 aromatic heterocycles. The molecule has 0 bridgehead atoms. The molecule has 82 valence electrons. The SMILES string of the molecule is Cc1cnc(Oc2c(N)cccc2F)nc1. The van der Waals surface area contributed by atoms with Gasteiger partial charge in [-0.2, -0.15) is 0 Å². The lowest BCUT2D eigenvalue weighted by Crippen LogP contribution is -1.98. The number of nitrogens with two attached hydrogens (primary N) is 1. The minimum atomic E-state index is -0.538. The van der Waals surface area contributed by atoms with E-state index in [9.17, 15) is 4.39 Å². The van der Waals surface area contributed by atoms with Crippen LogP contribution in [-0.2, 0) is 0 Å². The van der Waals surface area contributed by atoms with Crippen LogP contribution in [-0.4, -0.2) is 9.97 Å². The number of aryl methyl sites for hydroxylation is 1. The Morgan fingerprint density at radius 2 is 1.94 bits per heavy atom. The van der Waals surface area contributed by atoms with Crippen molar-refractivity contribution in [1.29, 1.82) is 0 Å². The molecule has 0 fully saturated rings. The molecule has 0 aliphatic rings. The van der Waals surface area contributed by atoms with Crippen LogP contribution in [0.1, 0.15) is 5.56 Å². The third kappa shape index (κ3) is 2.08. The molecule has 0 atom stereocenters. The van der Waals surface area contributed by atoms with E-state index in [0.717, 1.165) is 5.56 Å². The van der Waals surface area contributed by atoms with Crippen LogP contribution in [0.15, 0.2) is 30.6 Å². The highest BCUT2D eigenvalue weighted by atomic mass is 19.1. The zero-order chi connectivity index (χ0) is 11.5. The van der Waals surface area contributed by atoms with Gasteiger partial charge in [0.2, 0.25) is 0 Å². The fraction of sp³-hybridized carbons (Fsp3) is 0.0909. The lowest BCUT2D eigenvalue weighted by atomic mass is 10.3. The number of hydrogen-bond acceptors (Lipinski definition) is 4. The van der Waals surface area contributed by atoms with Crippen molar-refractivity contribution in [3.8, 4) is 11.8 Å². The van der Waals surface area contributed by atoms with Crippen LogP contribution in [0, 0.1) is 12.7 Å². The van der Waals surface area contributed by atoms with Gasteiger partial charge in [-0.05, 0) is 24.6 Å². The van der Waals surface area contributed by atoms with E-state index in [1.54, 1.807) is 18.5 Å². The van der Waals surface area contributed by atoms with Crippen LogP contribution in [0.4, 0.5) is 10.1 Å². The van der Waals surface area contributed by atoms with E-state index in [1.165, 1.54) is 12.1 Å². The molecular weight excluding hydrogens is 209 g/mol. The number of benzene rings is 1. The van der Waals surface area contributed by atoms with Crippen LogP contribution in [0.2, 0.25) is 0 Å². The second kappa shape index (κ2) is 4.14. The standard InChI is InChI=1S/C11H10FN3O/c1-7-5-14-11(15-6-7)16-10-8(12)3-2-4-9(10)13/h2-6H,13H2,1H3. The first-order valence-corrected chi connectivity index (χ1v) is 4.67. The number of anilines is 1. The van der Waals surface area contributed by atoms with Gasteiger partial charge < -0.3 is 10.5 Å². The molecule has 2 aromatic rings. The van der Waals surface area contributed by atoms with Crippen molar-refractivity contribution < 1.29 is 9.13 Å². The fourth-order valence-corrected chi connectivity index (χ4v) is 1.16. The molecule has 5 heteroatoms. The average Bonchev–Trinajstić information content (AvgIpc) is 2.26. The Bertz CT molecular complexity index is 479. The van der Waals surface area contributed by atoms with Gasteiger partial charge in [-0.15, -0.1) is 0 Å². The van der Waals surface area contributed by atoms with Gasteiger partial charge in [-0.25, -0.2) is 14.4 Å². The van der Waals surface area contributed by atoms with Crippen LogP contribution in [0.3, 0.4) is 0 Å². The second-order valence-corrected chi connectivity index (χ2v) is 3.30. The van der Waals surface area contributed by atoms with E-state index < -0.39 is 5.82 Å². The summed E-state index contributed by atoms with van der Waals surface area (Å²) in [5.74, 6) is -0.587. The van der Waals surface area contributed by atoms with Crippen molar-refractivity contribution in [3.63, 3.8) is 0 Å². The molecule has 0 aliphatic heterocycles. The Hall–Kier alpha value is -2.17. The van der Waals surface area contributed by atoms with Crippen molar-refractivity contribution in [1.82, 2.24) is 9.97 Å². The molecular formula is C11H10FN3O. The van der Waals surface area contributed by atoms with Gasteiger partial charge in [-0.3, -0.25) is 0 Å². The Balaban J connectivity index is 2.30. The highest BCUT2D eigenvalue weighted by Crippen LogP contribution is 2.28. The van der Waals surface area contributed by atoms with Crippen molar-refractivity contribution >= 4 is 5.69 Å². The summed E-state index contributed by atoms with van der Waals surface area (Å²) in [6.07, 6.45) is 3.17. The average molecular weight is 219 g/mol. The molecule has 1 heterocycles. The van der Waals surface area contributed by atoms with Crippen LogP contribution >= 0.6 is 0 Å². The first-order valence-electron chi connectivity index (χ1n) is 4.67. The molecule has 0 radical (unpaired) electrons. The van der Waals surface area contributed by atoms with Gasteiger partial charge in [0.05, 0.1) is 5.69 Å². The third-order valence-corrected chi connectivity index (χ3v) is 1.95. The molecule has 0 saturated heterocycles. The Morgan fingerprint density at radius 3 is 2.56 bits per heavy atom. The molecule has 0 amide bonds. The summed E-state index contributed by atoms with van der Waals surface area (Å²) >= 11 is 0. The van der Waals surface area contributed by atoms with E-state index in [2.05, 4.69) is 9.97 Å². The van der Waals surface area contributed by atoms with Gasteiger partial charge in [0.15, 0.2) is 11.6 Å². The van der Waals surface area contributed by atoms with Crippen molar-refractivity contribution in [2.75, 3.05) is 5.73 Å². The molecule has 0 saturated carbocycles. The third-order valence-electron chi connectivity index (χ3n) is 1.95. The van der Waals surface area contributed by atoms with E-state index in [-0.39, 0.29) is 17.4 Å². The molecule has 16 heavy (non-hydrogen) atoms. The van der Waals surface area contributed by atoms with Gasteiger partial charge in [0.1, 0.15) is 0 Å². The number of para-hydroxylation sites is 1. The zero-order valence-corrected chi connectivity index (χ0v) is 8.64. The lowest BCUT2D eigenvalue weighted by Gasteiger charge is -2.07. The summed E-state index contributed by atoms with van der Waals surface area (Å²) in [6.45, 7) is 1.85.